The second-order valence-electron chi connectivity index (χ2n) is 3.67. The Morgan fingerprint density at radius 3 is 2.92 bits per heavy atom. The van der Waals surface area contributed by atoms with Crippen LogP contribution < -0.4 is 5.32 Å². The van der Waals surface area contributed by atoms with Gasteiger partial charge in [-0.25, -0.2) is 0 Å². The topological polar surface area (TPSA) is 35.8 Å². The minimum atomic E-state index is 0.0905. The number of rotatable bonds is 7. The molecule has 2 nitrogen and oxygen atoms in total. The SMILES string of the molecule is CSCCCC(C#N)NCC1CC1. The fourth-order valence-corrected chi connectivity index (χ4v) is 1.73. The van der Waals surface area contributed by atoms with Gasteiger partial charge >= 0.3 is 0 Å². The number of hydrogen-bond donors (Lipinski definition) is 1. The van der Waals surface area contributed by atoms with Crippen molar-refractivity contribution in [3.8, 4) is 6.07 Å². The number of nitrogens with one attached hydrogen (secondary N) is 1. The molecule has 74 valence electrons. The molecule has 1 atom stereocenters. The van der Waals surface area contributed by atoms with Gasteiger partial charge in [0.15, 0.2) is 0 Å². The molecule has 3 heteroatoms. The zero-order valence-electron chi connectivity index (χ0n) is 8.25. The molecule has 0 spiro atoms. The minimum Gasteiger partial charge on any atom is -0.302 e. The second-order valence-corrected chi connectivity index (χ2v) is 4.65. The molecule has 0 saturated heterocycles. The van der Waals surface area contributed by atoms with Gasteiger partial charge in [0.25, 0.3) is 0 Å². The van der Waals surface area contributed by atoms with Crippen molar-refractivity contribution in [3.05, 3.63) is 0 Å². The van der Waals surface area contributed by atoms with Gasteiger partial charge in [-0.15, -0.1) is 0 Å². The Morgan fingerprint density at radius 2 is 2.38 bits per heavy atom. The molecular formula is C10H18N2S. The molecule has 1 unspecified atom stereocenters. The third-order valence-corrected chi connectivity index (χ3v) is 3.04. The fraction of sp³-hybridized carbons (Fsp3) is 0.900. The van der Waals surface area contributed by atoms with Gasteiger partial charge in [-0.1, -0.05) is 0 Å². The smallest absolute Gasteiger partial charge is 0.0953 e. The average molecular weight is 198 g/mol. The van der Waals surface area contributed by atoms with E-state index in [1.165, 1.54) is 18.6 Å². The predicted molar refractivity (Wildman–Crippen MR) is 57.7 cm³/mol. The normalized spacial score (nSPS) is 18.2. The van der Waals surface area contributed by atoms with Gasteiger partial charge in [0.1, 0.15) is 0 Å². The number of thioether (sulfide) groups is 1. The van der Waals surface area contributed by atoms with E-state index in [2.05, 4.69) is 17.6 Å². The van der Waals surface area contributed by atoms with E-state index >= 15 is 0 Å². The maximum atomic E-state index is 8.84. The summed E-state index contributed by atoms with van der Waals surface area (Å²) < 4.78 is 0. The van der Waals surface area contributed by atoms with Crippen LogP contribution in [-0.2, 0) is 0 Å². The molecule has 0 aliphatic heterocycles. The van der Waals surface area contributed by atoms with Crippen LogP contribution in [0.1, 0.15) is 25.7 Å². The van der Waals surface area contributed by atoms with Gasteiger partial charge in [-0.05, 0) is 50.2 Å². The average Bonchev–Trinajstić information content (AvgIpc) is 2.94. The van der Waals surface area contributed by atoms with Crippen molar-refractivity contribution in [2.75, 3.05) is 18.6 Å². The summed E-state index contributed by atoms with van der Waals surface area (Å²) >= 11 is 1.85. The molecule has 0 aromatic heterocycles. The Morgan fingerprint density at radius 1 is 1.62 bits per heavy atom. The second kappa shape index (κ2) is 6.28. The first-order valence-corrected chi connectivity index (χ1v) is 6.38. The van der Waals surface area contributed by atoms with Crippen LogP contribution in [0.3, 0.4) is 0 Å². The predicted octanol–water partition coefficient (Wildman–Crippen LogP) is 2.02. The van der Waals surface area contributed by atoms with Crippen molar-refractivity contribution < 1.29 is 0 Å². The lowest BCUT2D eigenvalue weighted by molar-refractivity contribution is 0.540. The van der Waals surface area contributed by atoms with Crippen molar-refractivity contribution in [1.82, 2.24) is 5.32 Å². The summed E-state index contributed by atoms with van der Waals surface area (Å²) in [4.78, 5) is 0. The first-order chi connectivity index (χ1) is 6.36. The summed E-state index contributed by atoms with van der Waals surface area (Å²) in [6.45, 7) is 1.05. The van der Waals surface area contributed by atoms with Crippen LogP contribution in [0.5, 0.6) is 0 Å². The molecule has 0 heterocycles. The van der Waals surface area contributed by atoms with E-state index in [9.17, 15) is 0 Å². The summed E-state index contributed by atoms with van der Waals surface area (Å²) in [6.07, 6.45) is 6.98. The van der Waals surface area contributed by atoms with E-state index in [0.29, 0.717) is 0 Å². The number of nitrogens with zero attached hydrogens (tertiary/aromatic N) is 1. The van der Waals surface area contributed by atoms with Gasteiger partial charge < -0.3 is 5.32 Å². The van der Waals surface area contributed by atoms with Gasteiger partial charge in [-0.3, -0.25) is 0 Å². The van der Waals surface area contributed by atoms with Gasteiger partial charge in [0, 0.05) is 0 Å². The Balaban J connectivity index is 2.00. The molecule has 1 aliphatic carbocycles. The van der Waals surface area contributed by atoms with E-state index in [1.807, 2.05) is 11.8 Å². The van der Waals surface area contributed by atoms with E-state index in [0.717, 1.165) is 25.3 Å². The fourth-order valence-electron chi connectivity index (χ4n) is 1.27. The lowest BCUT2D eigenvalue weighted by Gasteiger charge is -2.09. The lowest BCUT2D eigenvalue weighted by atomic mass is 10.2. The van der Waals surface area contributed by atoms with Crippen LogP contribution in [0.4, 0.5) is 0 Å². The molecule has 0 amide bonds. The summed E-state index contributed by atoms with van der Waals surface area (Å²) in [6, 6.07) is 2.41. The highest BCUT2D eigenvalue weighted by atomic mass is 32.2. The largest absolute Gasteiger partial charge is 0.302 e. The van der Waals surface area contributed by atoms with Crippen molar-refractivity contribution in [3.63, 3.8) is 0 Å². The summed E-state index contributed by atoms with van der Waals surface area (Å²) in [7, 11) is 0. The molecule has 0 bridgehead atoms. The highest BCUT2D eigenvalue weighted by Crippen LogP contribution is 2.27. The summed E-state index contributed by atoms with van der Waals surface area (Å²) in [5.74, 6) is 2.04. The maximum Gasteiger partial charge on any atom is 0.0953 e. The van der Waals surface area contributed by atoms with E-state index in [-0.39, 0.29) is 6.04 Å². The van der Waals surface area contributed by atoms with E-state index < -0.39 is 0 Å². The van der Waals surface area contributed by atoms with Crippen molar-refractivity contribution in [2.45, 2.75) is 31.7 Å². The van der Waals surface area contributed by atoms with E-state index in [1.54, 1.807) is 0 Å². The number of hydrogen-bond acceptors (Lipinski definition) is 3. The monoisotopic (exact) mass is 198 g/mol. The van der Waals surface area contributed by atoms with Crippen LogP contribution in [0.15, 0.2) is 0 Å². The van der Waals surface area contributed by atoms with Crippen molar-refractivity contribution in [2.24, 2.45) is 5.92 Å². The molecule has 1 fully saturated rings. The minimum absolute atomic E-state index is 0.0905. The Hall–Kier alpha value is -0.200. The summed E-state index contributed by atoms with van der Waals surface area (Å²) in [5.41, 5.74) is 0. The van der Waals surface area contributed by atoms with Crippen LogP contribution in [0.2, 0.25) is 0 Å². The first-order valence-electron chi connectivity index (χ1n) is 4.98. The van der Waals surface area contributed by atoms with Gasteiger partial charge in [-0.2, -0.15) is 17.0 Å². The van der Waals surface area contributed by atoms with Crippen molar-refractivity contribution in [1.29, 1.82) is 5.26 Å². The Bertz CT molecular complexity index is 172. The molecule has 13 heavy (non-hydrogen) atoms. The molecular weight excluding hydrogens is 180 g/mol. The molecule has 1 saturated carbocycles. The lowest BCUT2D eigenvalue weighted by Crippen LogP contribution is -2.29. The highest BCUT2D eigenvalue weighted by molar-refractivity contribution is 7.98. The standard InChI is InChI=1S/C10H18N2S/c1-13-6-2-3-10(7-11)12-8-9-4-5-9/h9-10,12H,2-6,8H2,1H3. The quantitative estimate of drug-likeness (QED) is 0.636. The zero-order chi connectivity index (χ0) is 9.52. The number of nitriles is 1. The zero-order valence-corrected chi connectivity index (χ0v) is 9.07. The highest BCUT2D eigenvalue weighted by Gasteiger charge is 2.21. The Kier molecular flexibility index (Phi) is 5.26. The third kappa shape index (κ3) is 5.17. The molecule has 0 radical (unpaired) electrons. The van der Waals surface area contributed by atoms with Crippen LogP contribution >= 0.6 is 11.8 Å². The van der Waals surface area contributed by atoms with E-state index in [4.69, 9.17) is 5.26 Å². The van der Waals surface area contributed by atoms with Crippen LogP contribution in [0, 0.1) is 17.2 Å². The molecule has 0 aromatic rings. The molecule has 1 aliphatic rings. The third-order valence-electron chi connectivity index (χ3n) is 2.35. The van der Waals surface area contributed by atoms with Crippen LogP contribution in [-0.4, -0.2) is 24.6 Å². The van der Waals surface area contributed by atoms with Gasteiger partial charge in [0.05, 0.1) is 12.1 Å². The molecule has 1 N–H and O–H groups in total. The Labute approximate surface area is 85.1 Å². The van der Waals surface area contributed by atoms with Gasteiger partial charge in [0.2, 0.25) is 0 Å². The molecule has 0 aromatic carbocycles. The molecule has 1 rings (SSSR count). The van der Waals surface area contributed by atoms with Crippen molar-refractivity contribution >= 4 is 11.8 Å². The first kappa shape index (κ1) is 10.9. The maximum absolute atomic E-state index is 8.84. The van der Waals surface area contributed by atoms with Crippen LogP contribution in [0.25, 0.3) is 0 Å². The summed E-state index contributed by atoms with van der Waals surface area (Å²) in [5, 5.41) is 12.2.